The fourth-order valence-electron chi connectivity index (χ4n) is 0.644. The van der Waals surface area contributed by atoms with Crippen LogP contribution in [0.1, 0.15) is 11.4 Å². The van der Waals surface area contributed by atoms with Crippen molar-refractivity contribution in [1.82, 2.24) is 4.98 Å². The van der Waals surface area contributed by atoms with Gasteiger partial charge in [0, 0.05) is 62.8 Å². The predicted molar refractivity (Wildman–Crippen MR) is 36.0 cm³/mol. The molecule has 0 aromatic carbocycles. The first kappa shape index (κ1) is 8.92. The van der Waals surface area contributed by atoms with Gasteiger partial charge in [0.05, 0.1) is 0 Å². The first-order chi connectivity index (χ1) is 3.29. The standard InChI is InChI=1S/C6H9N.K/c1-5-3-4-6(2)7-5;/h3-4,7H,1-2H3;. The minimum atomic E-state index is 0. The Balaban J connectivity index is 0.000000490. The van der Waals surface area contributed by atoms with E-state index in [1.807, 2.05) is 13.8 Å². The summed E-state index contributed by atoms with van der Waals surface area (Å²) in [6.07, 6.45) is 0. The van der Waals surface area contributed by atoms with Crippen LogP contribution in [0.15, 0.2) is 12.1 Å². The van der Waals surface area contributed by atoms with E-state index in [2.05, 4.69) is 17.1 Å². The summed E-state index contributed by atoms with van der Waals surface area (Å²) >= 11 is 0. The largest absolute Gasteiger partial charge is 0.363 e. The Morgan fingerprint density at radius 2 is 1.50 bits per heavy atom. The molecular formula is C6H9KN. The van der Waals surface area contributed by atoms with Crippen molar-refractivity contribution in [3.63, 3.8) is 0 Å². The Bertz CT molecular complexity index is 141. The summed E-state index contributed by atoms with van der Waals surface area (Å²) in [7, 11) is 0. The molecule has 1 aromatic rings. The zero-order valence-electron chi connectivity index (χ0n) is 5.65. The maximum absolute atomic E-state index is 3.14. The Morgan fingerprint density at radius 3 is 1.62 bits per heavy atom. The molecule has 0 saturated heterocycles. The van der Waals surface area contributed by atoms with Crippen LogP contribution < -0.4 is 0 Å². The van der Waals surface area contributed by atoms with Crippen LogP contribution in [0.5, 0.6) is 0 Å². The monoisotopic (exact) mass is 134 g/mol. The molecular weight excluding hydrogens is 125 g/mol. The van der Waals surface area contributed by atoms with Gasteiger partial charge in [-0.05, 0) is 26.0 Å². The molecule has 0 aliphatic heterocycles. The first-order valence-corrected chi connectivity index (χ1v) is 2.41. The van der Waals surface area contributed by atoms with E-state index in [0.717, 1.165) is 0 Å². The summed E-state index contributed by atoms with van der Waals surface area (Å²) in [5.41, 5.74) is 2.47. The molecule has 39 valence electrons. The van der Waals surface area contributed by atoms with Gasteiger partial charge in [-0.2, -0.15) is 0 Å². The smallest absolute Gasteiger partial charge is 0.0117 e. The van der Waals surface area contributed by atoms with Gasteiger partial charge in [0.15, 0.2) is 0 Å². The maximum atomic E-state index is 3.14. The summed E-state index contributed by atoms with van der Waals surface area (Å²) in [4.78, 5) is 3.14. The number of aryl methyl sites for hydroxylation is 2. The summed E-state index contributed by atoms with van der Waals surface area (Å²) in [5, 5.41) is 0. The molecule has 0 saturated carbocycles. The normalized spacial score (nSPS) is 8.25. The van der Waals surface area contributed by atoms with E-state index in [9.17, 15) is 0 Å². The van der Waals surface area contributed by atoms with Gasteiger partial charge in [0.1, 0.15) is 0 Å². The van der Waals surface area contributed by atoms with Gasteiger partial charge < -0.3 is 4.98 Å². The molecule has 1 N–H and O–H groups in total. The average Bonchev–Trinajstić information content (AvgIpc) is 1.87. The third kappa shape index (κ3) is 2.46. The van der Waals surface area contributed by atoms with E-state index < -0.39 is 0 Å². The second-order valence-corrected chi connectivity index (χ2v) is 1.82. The average molecular weight is 134 g/mol. The SMILES string of the molecule is Cc1ccc(C)[nH]1.[K]. The molecule has 0 atom stereocenters. The van der Waals surface area contributed by atoms with Gasteiger partial charge in [-0.15, -0.1) is 0 Å². The van der Waals surface area contributed by atoms with Crippen molar-refractivity contribution in [2.45, 2.75) is 13.8 Å². The molecule has 0 amide bonds. The Labute approximate surface area is 92.3 Å². The molecule has 1 heterocycles. The zero-order valence-corrected chi connectivity index (χ0v) is 8.78. The Kier molecular flexibility index (Phi) is 4.29. The molecule has 0 aliphatic rings. The number of hydrogen-bond acceptors (Lipinski definition) is 0. The molecule has 2 heteroatoms. The molecule has 0 unspecified atom stereocenters. The number of aromatic amines is 1. The molecule has 0 bridgehead atoms. The summed E-state index contributed by atoms with van der Waals surface area (Å²) < 4.78 is 0. The first-order valence-electron chi connectivity index (χ1n) is 2.41. The summed E-state index contributed by atoms with van der Waals surface area (Å²) in [5.74, 6) is 0. The molecule has 1 rings (SSSR count). The Morgan fingerprint density at radius 1 is 1.12 bits per heavy atom. The third-order valence-electron chi connectivity index (χ3n) is 0.978. The van der Waals surface area contributed by atoms with Crippen molar-refractivity contribution in [3.8, 4) is 0 Å². The number of nitrogens with one attached hydrogen (secondary N) is 1. The number of rotatable bonds is 0. The fourth-order valence-corrected chi connectivity index (χ4v) is 0.644. The molecule has 0 spiro atoms. The van der Waals surface area contributed by atoms with E-state index in [-0.39, 0.29) is 51.4 Å². The number of H-pyrrole nitrogens is 1. The second-order valence-electron chi connectivity index (χ2n) is 1.82. The molecule has 1 aromatic heterocycles. The molecule has 8 heavy (non-hydrogen) atoms. The molecule has 0 aliphatic carbocycles. The second kappa shape index (κ2) is 3.85. The van der Waals surface area contributed by atoms with E-state index in [0.29, 0.717) is 0 Å². The third-order valence-corrected chi connectivity index (χ3v) is 0.978. The van der Waals surface area contributed by atoms with Gasteiger partial charge in [0.2, 0.25) is 0 Å². The van der Waals surface area contributed by atoms with Crippen LogP contribution in [-0.2, 0) is 0 Å². The van der Waals surface area contributed by atoms with Crippen molar-refractivity contribution in [2.75, 3.05) is 0 Å². The molecule has 1 nitrogen and oxygen atoms in total. The van der Waals surface area contributed by atoms with Crippen molar-refractivity contribution in [2.24, 2.45) is 0 Å². The minimum absolute atomic E-state index is 0. The van der Waals surface area contributed by atoms with Gasteiger partial charge in [-0.3, -0.25) is 0 Å². The van der Waals surface area contributed by atoms with E-state index >= 15 is 0 Å². The van der Waals surface area contributed by atoms with Crippen LogP contribution in [0, 0.1) is 13.8 Å². The molecule has 0 fully saturated rings. The van der Waals surface area contributed by atoms with E-state index in [1.165, 1.54) is 11.4 Å². The van der Waals surface area contributed by atoms with Crippen molar-refractivity contribution < 1.29 is 0 Å². The predicted octanol–water partition coefficient (Wildman–Crippen LogP) is 1.25. The number of hydrogen-bond donors (Lipinski definition) is 1. The van der Waals surface area contributed by atoms with Gasteiger partial charge in [0.25, 0.3) is 0 Å². The van der Waals surface area contributed by atoms with Gasteiger partial charge in [-0.1, -0.05) is 0 Å². The fraction of sp³-hybridized carbons (Fsp3) is 0.333. The Hall–Kier alpha value is 0.916. The maximum Gasteiger partial charge on any atom is 0.0117 e. The summed E-state index contributed by atoms with van der Waals surface area (Å²) in [6.45, 7) is 4.10. The number of aromatic nitrogens is 1. The van der Waals surface area contributed by atoms with Crippen molar-refractivity contribution in [1.29, 1.82) is 0 Å². The van der Waals surface area contributed by atoms with Crippen LogP contribution in [-0.4, -0.2) is 56.4 Å². The van der Waals surface area contributed by atoms with Gasteiger partial charge in [-0.25, -0.2) is 0 Å². The minimum Gasteiger partial charge on any atom is -0.363 e. The van der Waals surface area contributed by atoms with Crippen LogP contribution in [0.3, 0.4) is 0 Å². The van der Waals surface area contributed by atoms with E-state index in [1.54, 1.807) is 0 Å². The van der Waals surface area contributed by atoms with Gasteiger partial charge >= 0.3 is 0 Å². The quantitative estimate of drug-likeness (QED) is 0.514. The zero-order chi connectivity index (χ0) is 5.28. The van der Waals surface area contributed by atoms with E-state index in [4.69, 9.17) is 0 Å². The van der Waals surface area contributed by atoms with Crippen LogP contribution >= 0.6 is 0 Å². The van der Waals surface area contributed by atoms with Crippen LogP contribution in [0.25, 0.3) is 0 Å². The molecule has 1 radical (unpaired) electrons. The topological polar surface area (TPSA) is 15.8 Å². The van der Waals surface area contributed by atoms with Crippen molar-refractivity contribution >= 4 is 51.4 Å². The van der Waals surface area contributed by atoms with Crippen LogP contribution in [0.4, 0.5) is 0 Å². The van der Waals surface area contributed by atoms with Crippen LogP contribution in [0.2, 0.25) is 0 Å². The summed E-state index contributed by atoms with van der Waals surface area (Å²) in [6, 6.07) is 4.13. The van der Waals surface area contributed by atoms with Crippen molar-refractivity contribution in [3.05, 3.63) is 23.5 Å².